The van der Waals surface area contributed by atoms with Gasteiger partial charge in [0, 0.05) is 29.6 Å². The number of halogens is 1. The summed E-state index contributed by atoms with van der Waals surface area (Å²) >= 11 is 5.39. The predicted octanol–water partition coefficient (Wildman–Crippen LogP) is 4.10. The van der Waals surface area contributed by atoms with E-state index in [9.17, 15) is 0 Å². The Hall–Kier alpha value is -0.650. The normalized spacial score (nSPS) is 13.2. The molecule has 2 aromatic rings. The van der Waals surface area contributed by atoms with Gasteiger partial charge in [-0.3, -0.25) is 4.68 Å². The molecular formula is C14H20BrN3S. The number of nitrogens with zero attached hydrogens (tertiary/aromatic N) is 2. The molecule has 0 aromatic carbocycles. The van der Waals surface area contributed by atoms with Crippen molar-refractivity contribution >= 4 is 27.3 Å². The summed E-state index contributed by atoms with van der Waals surface area (Å²) in [6.45, 7) is 6.42. The van der Waals surface area contributed by atoms with E-state index < -0.39 is 0 Å². The second-order valence-electron chi connectivity index (χ2n) is 5.03. The molecule has 104 valence electrons. The molecule has 0 saturated heterocycles. The number of hydrogen-bond donors (Lipinski definition) is 1. The number of thiophene rings is 1. The fourth-order valence-electron chi connectivity index (χ4n) is 1.98. The average Bonchev–Trinajstić information content (AvgIpc) is 2.94. The smallest absolute Gasteiger partial charge is 0.0731 e. The number of aryl methyl sites for hydroxylation is 1. The number of hydrogen-bond acceptors (Lipinski definition) is 3. The van der Waals surface area contributed by atoms with Gasteiger partial charge in [0.2, 0.25) is 0 Å². The molecule has 5 heteroatoms. The maximum Gasteiger partial charge on any atom is 0.0731 e. The second-order valence-corrected chi connectivity index (χ2v) is 7.43. The zero-order valence-corrected chi connectivity index (χ0v) is 14.2. The highest BCUT2D eigenvalue weighted by Crippen LogP contribution is 2.32. The molecule has 2 heterocycles. The molecule has 0 spiro atoms. The SMILES string of the molecule is CNC(Cc1ccn(C(C)C)n1)c1cc(C)c(Br)s1. The lowest BCUT2D eigenvalue weighted by atomic mass is 10.1. The monoisotopic (exact) mass is 341 g/mol. The van der Waals surface area contributed by atoms with Gasteiger partial charge in [0.15, 0.2) is 0 Å². The van der Waals surface area contributed by atoms with E-state index >= 15 is 0 Å². The van der Waals surface area contributed by atoms with Crippen molar-refractivity contribution in [2.24, 2.45) is 0 Å². The lowest BCUT2D eigenvalue weighted by Gasteiger charge is -2.13. The van der Waals surface area contributed by atoms with E-state index in [1.807, 2.05) is 11.7 Å². The molecule has 0 amide bonds. The van der Waals surface area contributed by atoms with E-state index in [0.29, 0.717) is 12.1 Å². The Bertz CT molecular complexity index is 525. The summed E-state index contributed by atoms with van der Waals surface area (Å²) < 4.78 is 3.23. The molecule has 0 aliphatic carbocycles. The molecule has 2 rings (SSSR count). The van der Waals surface area contributed by atoms with Crippen molar-refractivity contribution in [1.29, 1.82) is 0 Å². The van der Waals surface area contributed by atoms with Gasteiger partial charge in [0.1, 0.15) is 0 Å². The molecule has 19 heavy (non-hydrogen) atoms. The third-order valence-corrected chi connectivity index (χ3v) is 5.42. The van der Waals surface area contributed by atoms with Crippen LogP contribution in [0.25, 0.3) is 0 Å². The van der Waals surface area contributed by atoms with Crippen LogP contribution in [0, 0.1) is 6.92 Å². The maximum atomic E-state index is 4.62. The van der Waals surface area contributed by atoms with Crippen LogP contribution in [0.1, 0.15) is 42.1 Å². The van der Waals surface area contributed by atoms with Crippen LogP contribution in [-0.4, -0.2) is 16.8 Å². The van der Waals surface area contributed by atoms with Gasteiger partial charge in [0.25, 0.3) is 0 Å². The zero-order chi connectivity index (χ0) is 14.0. The fraction of sp³-hybridized carbons (Fsp3) is 0.500. The van der Waals surface area contributed by atoms with Gasteiger partial charge >= 0.3 is 0 Å². The largest absolute Gasteiger partial charge is 0.312 e. The molecular weight excluding hydrogens is 322 g/mol. The lowest BCUT2D eigenvalue weighted by Crippen LogP contribution is -2.18. The summed E-state index contributed by atoms with van der Waals surface area (Å²) in [5.74, 6) is 0. The topological polar surface area (TPSA) is 29.9 Å². The zero-order valence-electron chi connectivity index (χ0n) is 11.8. The second kappa shape index (κ2) is 6.20. The van der Waals surface area contributed by atoms with Crippen LogP contribution in [0.4, 0.5) is 0 Å². The van der Waals surface area contributed by atoms with Crippen LogP contribution >= 0.6 is 27.3 Å². The van der Waals surface area contributed by atoms with E-state index in [0.717, 1.165) is 12.1 Å². The highest BCUT2D eigenvalue weighted by atomic mass is 79.9. The Kier molecular flexibility index (Phi) is 4.81. The van der Waals surface area contributed by atoms with Gasteiger partial charge in [-0.25, -0.2) is 0 Å². The van der Waals surface area contributed by atoms with Crippen LogP contribution in [0.2, 0.25) is 0 Å². The average molecular weight is 342 g/mol. The summed E-state index contributed by atoms with van der Waals surface area (Å²) in [6, 6.07) is 5.10. The molecule has 0 radical (unpaired) electrons. The first kappa shape index (κ1) is 14.8. The van der Waals surface area contributed by atoms with Crippen molar-refractivity contribution in [3.05, 3.63) is 38.3 Å². The van der Waals surface area contributed by atoms with Crippen LogP contribution in [-0.2, 0) is 6.42 Å². The molecule has 0 saturated carbocycles. The van der Waals surface area contributed by atoms with E-state index in [-0.39, 0.29) is 0 Å². The fourth-order valence-corrected chi connectivity index (χ4v) is 3.66. The summed E-state index contributed by atoms with van der Waals surface area (Å²) in [5.41, 5.74) is 2.43. The quantitative estimate of drug-likeness (QED) is 0.887. The minimum atomic E-state index is 0.325. The number of nitrogens with one attached hydrogen (secondary N) is 1. The van der Waals surface area contributed by atoms with Gasteiger partial charge in [-0.1, -0.05) is 0 Å². The van der Waals surface area contributed by atoms with Crippen molar-refractivity contribution in [1.82, 2.24) is 15.1 Å². The van der Waals surface area contributed by atoms with Crippen molar-refractivity contribution in [3.8, 4) is 0 Å². The Morgan fingerprint density at radius 3 is 2.68 bits per heavy atom. The molecule has 1 N–H and O–H groups in total. The molecule has 2 aromatic heterocycles. The van der Waals surface area contributed by atoms with Gasteiger partial charge < -0.3 is 5.32 Å². The van der Waals surface area contributed by atoms with Gasteiger partial charge in [0.05, 0.1) is 9.48 Å². The number of rotatable bonds is 5. The first-order valence-corrected chi connectivity index (χ1v) is 8.09. The summed E-state index contributed by atoms with van der Waals surface area (Å²) in [7, 11) is 2.01. The predicted molar refractivity (Wildman–Crippen MR) is 84.9 cm³/mol. The molecule has 1 atom stereocenters. The number of likely N-dealkylation sites (N-methyl/N-ethyl adjacent to an activating group) is 1. The third-order valence-electron chi connectivity index (χ3n) is 3.17. The Balaban J connectivity index is 2.14. The van der Waals surface area contributed by atoms with Gasteiger partial charge in [-0.2, -0.15) is 5.10 Å². The summed E-state index contributed by atoms with van der Waals surface area (Å²) in [6.07, 6.45) is 2.98. The maximum absolute atomic E-state index is 4.62. The van der Waals surface area contributed by atoms with Crippen molar-refractivity contribution < 1.29 is 0 Å². The van der Waals surface area contributed by atoms with Gasteiger partial charge in [-0.15, -0.1) is 11.3 Å². The summed E-state index contributed by atoms with van der Waals surface area (Å²) in [5, 5.41) is 8.01. The molecule has 0 aliphatic heterocycles. The van der Waals surface area contributed by atoms with Crippen LogP contribution in [0.15, 0.2) is 22.1 Å². The van der Waals surface area contributed by atoms with E-state index in [4.69, 9.17) is 0 Å². The Labute approximate surface area is 127 Å². The van der Waals surface area contributed by atoms with E-state index in [2.05, 4.69) is 65.4 Å². The van der Waals surface area contributed by atoms with Crippen LogP contribution in [0.3, 0.4) is 0 Å². The van der Waals surface area contributed by atoms with E-state index in [1.165, 1.54) is 14.2 Å². The molecule has 1 unspecified atom stereocenters. The molecule has 0 aliphatic rings. The van der Waals surface area contributed by atoms with Crippen molar-refractivity contribution in [2.75, 3.05) is 7.05 Å². The highest BCUT2D eigenvalue weighted by molar-refractivity contribution is 9.11. The molecule has 0 bridgehead atoms. The Morgan fingerprint density at radius 2 is 2.21 bits per heavy atom. The van der Waals surface area contributed by atoms with Crippen LogP contribution < -0.4 is 5.32 Å². The van der Waals surface area contributed by atoms with Crippen molar-refractivity contribution in [3.63, 3.8) is 0 Å². The highest BCUT2D eigenvalue weighted by Gasteiger charge is 2.15. The Morgan fingerprint density at radius 1 is 1.47 bits per heavy atom. The standard InChI is InChI=1S/C14H20BrN3S/c1-9(2)18-6-5-11(17-18)8-12(16-4)13-7-10(3)14(15)19-13/h5-7,9,12,16H,8H2,1-4H3. The minimum Gasteiger partial charge on any atom is -0.312 e. The first-order chi connectivity index (χ1) is 9.01. The van der Waals surface area contributed by atoms with Crippen molar-refractivity contribution in [2.45, 2.75) is 39.3 Å². The summed E-state index contributed by atoms with van der Waals surface area (Å²) in [4.78, 5) is 1.35. The van der Waals surface area contributed by atoms with Crippen LogP contribution in [0.5, 0.6) is 0 Å². The molecule has 0 fully saturated rings. The minimum absolute atomic E-state index is 0.325. The lowest BCUT2D eigenvalue weighted by molar-refractivity contribution is 0.516. The first-order valence-electron chi connectivity index (χ1n) is 6.48. The van der Waals surface area contributed by atoms with E-state index in [1.54, 1.807) is 11.3 Å². The number of aromatic nitrogens is 2. The third kappa shape index (κ3) is 3.46. The molecule has 3 nitrogen and oxygen atoms in total. The van der Waals surface area contributed by atoms with Gasteiger partial charge in [-0.05, 0) is 61.4 Å².